The Kier molecular flexibility index (Phi) is 11.3. The van der Waals surface area contributed by atoms with Gasteiger partial charge in [0.15, 0.2) is 5.76 Å². The Bertz CT molecular complexity index is 1760. The molecule has 0 amide bonds. The van der Waals surface area contributed by atoms with Gasteiger partial charge >= 0.3 is 0 Å². The van der Waals surface area contributed by atoms with Crippen LogP contribution >= 0.6 is 0 Å². The van der Waals surface area contributed by atoms with Crippen LogP contribution in [0.1, 0.15) is 118 Å². The molecule has 2 atom stereocenters. The van der Waals surface area contributed by atoms with E-state index in [1.165, 1.54) is 50.3 Å². The third-order valence-corrected chi connectivity index (χ3v) is 11.3. The van der Waals surface area contributed by atoms with Crippen molar-refractivity contribution >= 4 is 16.9 Å². The first-order chi connectivity index (χ1) is 23.4. The Balaban J connectivity index is 1.43. The van der Waals surface area contributed by atoms with Crippen LogP contribution in [-0.4, -0.2) is 11.6 Å². The number of allylic oxidation sites excluding steroid dienone is 6. The van der Waals surface area contributed by atoms with Crippen molar-refractivity contribution in [1.29, 1.82) is 0 Å². The number of anilines is 2. The van der Waals surface area contributed by atoms with Crippen LogP contribution in [-0.2, 0) is 15.2 Å². The largest absolute Gasteiger partial charge is 0.338 e. The lowest BCUT2D eigenvalue weighted by Crippen LogP contribution is -2.42. The summed E-state index contributed by atoms with van der Waals surface area (Å²) in [5.41, 5.74) is 14.7. The average Bonchev–Trinajstić information content (AvgIpc) is 3.84. The number of nitrogens with zero attached hydrogens (tertiary/aromatic N) is 1. The zero-order valence-corrected chi connectivity index (χ0v) is 31.6. The molecular formula is C46H57NO2. The molecule has 3 heteroatoms. The van der Waals surface area contributed by atoms with Crippen molar-refractivity contribution in [3.63, 3.8) is 0 Å². The summed E-state index contributed by atoms with van der Waals surface area (Å²) in [4.78, 5) is 13.8. The Morgan fingerprint density at radius 1 is 0.816 bits per heavy atom. The van der Waals surface area contributed by atoms with E-state index >= 15 is 0 Å². The van der Waals surface area contributed by atoms with Gasteiger partial charge in [0.2, 0.25) is 0 Å². The van der Waals surface area contributed by atoms with Gasteiger partial charge in [-0.2, -0.15) is 4.89 Å². The van der Waals surface area contributed by atoms with Crippen LogP contribution < -0.4 is 4.90 Å². The van der Waals surface area contributed by atoms with E-state index in [-0.39, 0.29) is 17.1 Å². The second-order valence-corrected chi connectivity index (χ2v) is 15.1. The predicted molar refractivity (Wildman–Crippen MR) is 209 cm³/mol. The summed E-state index contributed by atoms with van der Waals surface area (Å²) in [6, 6.07) is 25.4. The van der Waals surface area contributed by atoms with Gasteiger partial charge in [0.1, 0.15) is 6.10 Å². The molecule has 3 nitrogen and oxygen atoms in total. The van der Waals surface area contributed by atoms with Crippen molar-refractivity contribution in [2.24, 2.45) is 5.92 Å². The third-order valence-electron chi connectivity index (χ3n) is 11.3. The number of rotatable bonds is 15. The van der Waals surface area contributed by atoms with E-state index in [2.05, 4.69) is 164 Å². The molecule has 0 bridgehead atoms. The fourth-order valence-electron chi connectivity index (χ4n) is 6.68. The van der Waals surface area contributed by atoms with Crippen LogP contribution in [0.5, 0.6) is 0 Å². The highest BCUT2D eigenvalue weighted by Crippen LogP contribution is 2.42. The van der Waals surface area contributed by atoms with Crippen LogP contribution in [0.15, 0.2) is 114 Å². The summed E-state index contributed by atoms with van der Waals surface area (Å²) in [7, 11) is 0. The molecule has 0 saturated carbocycles. The molecule has 3 aromatic carbocycles. The van der Waals surface area contributed by atoms with Crippen LogP contribution in [0.4, 0.5) is 11.4 Å². The molecular weight excluding hydrogens is 599 g/mol. The monoisotopic (exact) mass is 655 g/mol. The van der Waals surface area contributed by atoms with E-state index in [1.807, 2.05) is 13.0 Å². The molecule has 0 N–H and O–H groups in total. The van der Waals surface area contributed by atoms with Crippen LogP contribution in [0.3, 0.4) is 0 Å². The normalized spacial score (nSPS) is 15.7. The van der Waals surface area contributed by atoms with Gasteiger partial charge in [-0.25, -0.2) is 0 Å². The Hall–Kier alpha value is -4.04. The van der Waals surface area contributed by atoms with E-state index in [4.69, 9.17) is 9.78 Å². The minimum absolute atomic E-state index is 0.0317. The van der Waals surface area contributed by atoms with Gasteiger partial charge in [-0.05, 0) is 145 Å². The maximum absolute atomic E-state index is 5.65. The minimum Gasteiger partial charge on any atom is -0.338 e. The van der Waals surface area contributed by atoms with Gasteiger partial charge in [-0.3, -0.25) is 0 Å². The smallest absolute Gasteiger partial charge is 0.162 e. The molecule has 2 aliphatic carbocycles. The van der Waals surface area contributed by atoms with Gasteiger partial charge in [0.25, 0.3) is 0 Å². The molecule has 3 aromatic rings. The first kappa shape index (κ1) is 36.2. The zero-order valence-electron chi connectivity index (χ0n) is 31.6. The first-order valence-electron chi connectivity index (χ1n) is 18.4. The molecule has 2 unspecified atom stereocenters. The van der Waals surface area contributed by atoms with Crippen molar-refractivity contribution in [3.05, 3.63) is 131 Å². The lowest BCUT2D eigenvalue weighted by Gasteiger charge is -2.42. The Morgan fingerprint density at radius 2 is 1.45 bits per heavy atom. The molecule has 0 fully saturated rings. The van der Waals surface area contributed by atoms with E-state index in [9.17, 15) is 0 Å². The number of benzene rings is 3. The van der Waals surface area contributed by atoms with Crippen molar-refractivity contribution in [3.8, 4) is 11.1 Å². The zero-order chi connectivity index (χ0) is 35.3. The SMILES string of the molecule is CCC(C)c1cc(C(C)(C)C2=CC=C=C2)ccc1-c1ccc(N(c2ccc(C3=CC(OOC(C)C(C)C)=CC3)cc2)C(C)(CC)CC)cc1. The molecule has 0 radical (unpaired) electrons. The second kappa shape index (κ2) is 15.2. The lowest BCUT2D eigenvalue weighted by molar-refractivity contribution is -0.295. The summed E-state index contributed by atoms with van der Waals surface area (Å²) in [5.74, 6) is 1.64. The van der Waals surface area contributed by atoms with Crippen LogP contribution in [0.2, 0.25) is 0 Å². The molecule has 49 heavy (non-hydrogen) atoms. The van der Waals surface area contributed by atoms with Gasteiger partial charge in [0, 0.05) is 22.3 Å². The topological polar surface area (TPSA) is 21.7 Å². The summed E-state index contributed by atoms with van der Waals surface area (Å²) >= 11 is 0. The minimum atomic E-state index is -0.0765. The molecule has 0 aliphatic heterocycles. The highest BCUT2D eigenvalue weighted by atomic mass is 17.2. The maximum atomic E-state index is 5.65. The first-order valence-corrected chi connectivity index (χ1v) is 18.4. The fourth-order valence-corrected chi connectivity index (χ4v) is 6.68. The molecule has 0 heterocycles. The molecule has 0 saturated heterocycles. The highest BCUT2D eigenvalue weighted by Gasteiger charge is 2.31. The van der Waals surface area contributed by atoms with Gasteiger partial charge < -0.3 is 9.79 Å². The average molecular weight is 656 g/mol. The van der Waals surface area contributed by atoms with Crippen molar-refractivity contribution < 1.29 is 9.78 Å². The predicted octanol–water partition coefficient (Wildman–Crippen LogP) is 13.2. The number of hydrogen-bond acceptors (Lipinski definition) is 3. The van der Waals surface area contributed by atoms with E-state index in [0.29, 0.717) is 11.8 Å². The molecule has 0 spiro atoms. The molecule has 0 aromatic heterocycles. The second-order valence-electron chi connectivity index (χ2n) is 15.1. The Morgan fingerprint density at radius 3 is 2.00 bits per heavy atom. The van der Waals surface area contributed by atoms with Gasteiger partial charge in [-0.15, -0.1) is 5.73 Å². The Labute approximate surface area is 296 Å². The third kappa shape index (κ3) is 7.75. The summed E-state index contributed by atoms with van der Waals surface area (Å²) in [5, 5.41) is 0. The summed E-state index contributed by atoms with van der Waals surface area (Å²) < 4.78 is 0. The van der Waals surface area contributed by atoms with E-state index in [1.54, 1.807) is 0 Å². The standard InChI is InChI=1S/C46H57NO2/c1-11-33(6)44-31-39(45(8,9)38-16-14-15-17-38)23-29-43(44)36-20-26-41(27-21-36)47(46(10,12-2)13-3)40-24-18-35(19-25-40)37-22-28-42(30-37)49-48-34(7)32(4)5/h14,16-21,23-34H,11-13,22H2,1-10H3. The lowest BCUT2D eigenvalue weighted by atomic mass is 9.75. The maximum Gasteiger partial charge on any atom is 0.162 e. The summed E-state index contributed by atoms with van der Waals surface area (Å²) in [6.07, 6.45) is 14.6. The molecule has 2 aliphatic rings. The summed E-state index contributed by atoms with van der Waals surface area (Å²) in [6.45, 7) is 22.6. The molecule has 258 valence electrons. The van der Waals surface area contributed by atoms with Crippen LogP contribution in [0.25, 0.3) is 16.7 Å². The number of hydrogen-bond donors (Lipinski definition) is 0. The van der Waals surface area contributed by atoms with E-state index in [0.717, 1.165) is 31.4 Å². The van der Waals surface area contributed by atoms with Gasteiger partial charge in [-0.1, -0.05) is 97.9 Å². The van der Waals surface area contributed by atoms with Crippen molar-refractivity contribution in [1.82, 2.24) is 0 Å². The van der Waals surface area contributed by atoms with Crippen molar-refractivity contribution in [2.75, 3.05) is 4.90 Å². The van der Waals surface area contributed by atoms with Crippen LogP contribution in [0, 0.1) is 5.92 Å². The molecule has 5 rings (SSSR count). The van der Waals surface area contributed by atoms with Gasteiger partial charge in [0.05, 0.1) is 0 Å². The highest BCUT2D eigenvalue weighted by molar-refractivity contribution is 5.76. The van der Waals surface area contributed by atoms with E-state index < -0.39 is 0 Å². The fraction of sp³-hybridized carbons (Fsp3) is 0.413. The van der Waals surface area contributed by atoms with Crippen molar-refractivity contribution in [2.45, 2.75) is 118 Å². The quantitative estimate of drug-likeness (QED) is 0.0924.